The molecule has 1 nitrogen and oxygen atoms in total. The van der Waals surface area contributed by atoms with Crippen LogP contribution in [0.1, 0.15) is 40.0 Å². The highest BCUT2D eigenvalue weighted by Crippen LogP contribution is 2.29. The summed E-state index contributed by atoms with van der Waals surface area (Å²) in [4.78, 5) is 0. The van der Waals surface area contributed by atoms with Crippen LogP contribution < -0.4 is 0 Å². The zero-order chi connectivity index (χ0) is 12.1. The molecule has 0 amide bonds. The summed E-state index contributed by atoms with van der Waals surface area (Å²) < 4.78 is 0. The molecule has 0 aliphatic heterocycles. The first kappa shape index (κ1) is 13.2. The van der Waals surface area contributed by atoms with Gasteiger partial charge >= 0.3 is 0 Å². The van der Waals surface area contributed by atoms with Gasteiger partial charge in [-0.1, -0.05) is 42.9 Å². The fourth-order valence-corrected chi connectivity index (χ4v) is 2.27. The number of allylic oxidation sites excluding steroid dienone is 4. The lowest BCUT2D eigenvalue weighted by Gasteiger charge is -2.25. The van der Waals surface area contributed by atoms with Crippen LogP contribution in [0.2, 0.25) is 0 Å². The summed E-state index contributed by atoms with van der Waals surface area (Å²) in [5.74, 6) is 1.14. The lowest BCUT2D eigenvalue weighted by atomic mass is 9.81. The standard InChI is InChI=1S/C15H24O/c1-11(2)9-15(16)10-13(4)14-7-5-12(3)6-8-14/h5,7,9,13-16H,3,6,8,10H2,1-2,4H3/t13-,14-,15-/m0/s1. The molecule has 0 unspecified atom stereocenters. The Hall–Kier alpha value is -0.820. The van der Waals surface area contributed by atoms with E-state index in [4.69, 9.17) is 0 Å². The van der Waals surface area contributed by atoms with E-state index in [0.29, 0.717) is 11.8 Å². The van der Waals surface area contributed by atoms with Gasteiger partial charge in [-0.25, -0.2) is 0 Å². The molecule has 0 aromatic heterocycles. The molecule has 1 aliphatic rings. The quantitative estimate of drug-likeness (QED) is 0.713. The van der Waals surface area contributed by atoms with E-state index in [1.54, 1.807) is 0 Å². The van der Waals surface area contributed by atoms with Gasteiger partial charge in [-0.3, -0.25) is 0 Å². The monoisotopic (exact) mass is 220 g/mol. The van der Waals surface area contributed by atoms with E-state index < -0.39 is 0 Å². The van der Waals surface area contributed by atoms with Crippen molar-refractivity contribution in [2.45, 2.75) is 46.1 Å². The van der Waals surface area contributed by atoms with Crippen LogP contribution in [0.4, 0.5) is 0 Å². The van der Waals surface area contributed by atoms with Gasteiger partial charge in [-0.05, 0) is 44.9 Å². The third-order valence-corrected chi connectivity index (χ3v) is 3.25. The molecule has 3 atom stereocenters. The van der Waals surface area contributed by atoms with Gasteiger partial charge in [0.1, 0.15) is 0 Å². The average Bonchev–Trinajstić information content (AvgIpc) is 2.16. The van der Waals surface area contributed by atoms with Crippen molar-refractivity contribution in [1.82, 2.24) is 0 Å². The SMILES string of the molecule is C=C1C=C[C@H]([C@@H](C)C[C@@H](O)C=C(C)C)CC1. The lowest BCUT2D eigenvalue weighted by molar-refractivity contribution is 0.174. The van der Waals surface area contributed by atoms with Gasteiger partial charge in [0, 0.05) is 0 Å². The molecular weight excluding hydrogens is 196 g/mol. The maximum absolute atomic E-state index is 9.85. The number of hydrogen-bond donors (Lipinski definition) is 1. The van der Waals surface area contributed by atoms with E-state index in [9.17, 15) is 5.11 Å². The van der Waals surface area contributed by atoms with Gasteiger partial charge in [0.05, 0.1) is 6.10 Å². The number of rotatable bonds is 4. The van der Waals surface area contributed by atoms with Crippen molar-refractivity contribution in [3.05, 3.63) is 36.0 Å². The van der Waals surface area contributed by atoms with Crippen LogP contribution in [-0.4, -0.2) is 11.2 Å². The highest BCUT2D eigenvalue weighted by Gasteiger charge is 2.19. The zero-order valence-electron chi connectivity index (χ0n) is 10.7. The maximum atomic E-state index is 9.85. The molecule has 0 heterocycles. The van der Waals surface area contributed by atoms with Crippen molar-refractivity contribution in [2.24, 2.45) is 11.8 Å². The molecule has 1 heteroatoms. The minimum atomic E-state index is -0.293. The predicted molar refractivity (Wildman–Crippen MR) is 70.2 cm³/mol. The van der Waals surface area contributed by atoms with E-state index in [1.165, 1.54) is 17.6 Å². The van der Waals surface area contributed by atoms with Crippen LogP contribution in [0.5, 0.6) is 0 Å². The Bertz CT molecular complexity index is 295. The Morgan fingerprint density at radius 2 is 2.31 bits per heavy atom. The first-order chi connectivity index (χ1) is 7.49. The van der Waals surface area contributed by atoms with Crippen molar-refractivity contribution in [1.29, 1.82) is 0 Å². The Morgan fingerprint density at radius 3 is 2.81 bits per heavy atom. The van der Waals surface area contributed by atoms with Crippen molar-refractivity contribution in [2.75, 3.05) is 0 Å². The summed E-state index contributed by atoms with van der Waals surface area (Å²) >= 11 is 0. The highest BCUT2D eigenvalue weighted by atomic mass is 16.3. The summed E-state index contributed by atoms with van der Waals surface area (Å²) in [6.07, 6.45) is 9.18. The highest BCUT2D eigenvalue weighted by molar-refractivity contribution is 5.19. The second kappa shape index (κ2) is 6.05. The summed E-state index contributed by atoms with van der Waals surface area (Å²) in [6, 6.07) is 0. The normalized spacial score (nSPS) is 24.0. The van der Waals surface area contributed by atoms with Gasteiger partial charge < -0.3 is 5.11 Å². The molecule has 1 aliphatic carbocycles. The van der Waals surface area contributed by atoms with Gasteiger partial charge in [0.15, 0.2) is 0 Å². The first-order valence-electron chi connectivity index (χ1n) is 6.18. The van der Waals surface area contributed by atoms with Crippen LogP contribution in [0.25, 0.3) is 0 Å². The van der Waals surface area contributed by atoms with Crippen LogP contribution in [-0.2, 0) is 0 Å². The molecule has 0 aromatic rings. The van der Waals surface area contributed by atoms with Crippen molar-refractivity contribution in [3.8, 4) is 0 Å². The summed E-state index contributed by atoms with van der Waals surface area (Å²) in [7, 11) is 0. The molecule has 90 valence electrons. The van der Waals surface area contributed by atoms with E-state index in [-0.39, 0.29) is 6.10 Å². The van der Waals surface area contributed by atoms with E-state index in [1.807, 2.05) is 19.9 Å². The third kappa shape index (κ3) is 4.36. The summed E-state index contributed by atoms with van der Waals surface area (Å²) in [5.41, 5.74) is 2.42. The molecule has 0 saturated carbocycles. The largest absolute Gasteiger partial charge is 0.389 e. The smallest absolute Gasteiger partial charge is 0.0726 e. The molecular formula is C15H24O. The molecule has 0 saturated heterocycles. The molecule has 0 aromatic carbocycles. The summed E-state index contributed by atoms with van der Waals surface area (Å²) in [5, 5.41) is 9.85. The third-order valence-electron chi connectivity index (χ3n) is 3.25. The predicted octanol–water partition coefficient (Wildman–Crippen LogP) is 3.86. The van der Waals surface area contributed by atoms with Crippen LogP contribution in [0, 0.1) is 11.8 Å². The minimum absolute atomic E-state index is 0.293. The van der Waals surface area contributed by atoms with E-state index >= 15 is 0 Å². The zero-order valence-corrected chi connectivity index (χ0v) is 10.7. The van der Waals surface area contributed by atoms with E-state index in [0.717, 1.165) is 12.8 Å². The van der Waals surface area contributed by atoms with Gasteiger partial charge in [0.25, 0.3) is 0 Å². The van der Waals surface area contributed by atoms with Crippen LogP contribution in [0.15, 0.2) is 36.0 Å². The Kier molecular flexibility index (Phi) is 5.01. The van der Waals surface area contributed by atoms with Gasteiger partial charge in [0.2, 0.25) is 0 Å². The number of hydrogen-bond acceptors (Lipinski definition) is 1. The first-order valence-corrected chi connectivity index (χ1v) is 6.18. The number of aliphatic hydroxyl groups is 1. The second-order valence-electron chi connectivity index (χ2n) is 5.24. The van der Waals surface area contributed by atoms with Crippen LogP contribution in [0.3, 0.4) is 0 Å². The molecule has 0 fully saturated rings. The number of aliphatic hydroxyl groups excluding tert-OH is 1. The average molecular weight is 220 g/mol. The Morgan fingerprint density at radius 1 is 1.62 bits per heavy atom. The molecule has 16 heavy (non-hydrogen) atoms. The van der Waals surface area contributed by atoms with Crippen molar-refractivity contribution < 1.29 is 5.11 Å². The topological polar surface area (TPSA) is 20.2 Å². The molecule has 1 rings (SSSR count). The van der Waals surface area contributed by atoms with Gasteiger partial charge in [-0.2, -0.15) is 0 Å². The Labute approximate surface area is 99.6 Å². The van der Waals surface area contributed by atoms with Crippen molar-refractivity contribution in [3.63, 3.8) is 0 Å². The van der Waals surface area contributed by atoms with Crippen molar-refractivity contribution >= 4 is 0 Å². The molecule has 0 spiro atoms. The second-order valence-corrected chi connectivity index (χ2v) is 5.24. The fraction of sp³-hybridized carbons (Fsp3) is 0.600. The summed E-state index contributed by atoms with van der Waals surface area (Å²) in [6.45, 7) is 10.2. The maximum Gasteiger partial charge on any atom is 0.0726 e. The molecule has 1 N–H and O–H groups in total. The van der Waals surface area contributed by atoms with E-state index in [2.05, 4.69) is 25.7 Å². The Balaban J connectivity index is 2.46. The molecule has 0 bridgehead atoms. The minimum Gasteiger partial charge on any atom is -0.389 e. The van der Waals surface area contributed by atoms with Crippen LogP contribution >= 0.6 is 0 Å². The lowest BCUT2D eigenvalue weighted by Crippen LogP contribution is -2.18. The van der Waals surface area contributed by atoms with Gasteiger partial charge in [-0.15, -0.1) is 0 Å². The fourth-order valence-electron chi connectivity index (χ4n) is 2.27. The molecule has 0 radical (unpaired) electrons.